The maximum atomic E-state index is 9.66. The monoisotopic (exact) mass is 316 g/mol. The van der Waals surface area contributed by atoms with Gasteiger partial charge >= 0.3 is 0 Å². The second kappa shape index (κ2) is 6.21. The summed E-state index contributed by atoms with van der Waals surface area (Å²) >= 11 is 0. The topological polar surface area (TPSA) is 56.3 Å². The van der Waals surface area contributed by atoms with Gasteiger partial charge in [0, 0.05) is 26.2 Å². The van der Waals surface area contributed by atoms with E-state index in [2.05, 4.69) is 47.4 Å². The van der Waals surface area contributed by atoms with E-state index in [9.17, 15) is 5.26 Å². The van der Waals surface area contributed by atoms with E-state index in [4.69, 9.17) is 5.84 Å². The largest absolute Gasteiger partial charge is 0.290 e. The van der Waals surface area contributed by atoms with Crippen LogP contribution in [0.15, 0.2) is 48.5 Å². The van der Waals surface area contributed by atoms with Crippen LogP contribution in [0.25, 0.3) is 11.6 Å². The summed E-state index contributed by atoms with van der Waals surface area (Å²) in [6.45, 7) is 3.57. The standard InChI is InChI=1S/C20H20N4/c21-14-16-13-15-5-1-2-7-18(15)20(19-8-4-3-6-17(16)19)23-9-11-24(22)12-10-23/h1-8,13,20H,9-12,22H2/t20-/m1/s1. The van der Waals surface area contributed by atoms with Crippen molar-refractivity contribution in [2.75, 3.05) is 26.2 Å². The molecule has 1 fully saturated rings. The maximum absolute atomic E-state index is 9.66. The molecular weight excluding hydrogens is 296 g/mol. The van der Waals surface area contributed by atoms with E-state index in [1.165, 1.54) is 11.1 Å². The van der Waals surface area contributed by atoms with Crippen molar-refractivity contribution in [1.29, 1.82) is 5.26 Å². The number of piperazine rings is 1. The number of benzene rings is 2. The molecule has 0 spiro atoms. The highest BCUT2D eigenvalue weighted by Gasteiger charge is 2.30. The molecular formula is C20H20N4. The molecule has 1 atom stereocenters. The molecule has 1 aliphatic carbocycles. The number of nitrogens with two attached hydrogens (primary N) is 1. The number of hydrazine groups is 1. The quantitative estimate of drug-likeness (QED) is 0.822. The molecule has 1 saturated heterocycles. The summed E-state index contributed by atoms with van der Waals surface area (Å²) in [6.07, 6.45) is 2.02. The molecule has 4 nitrogen and oxygen atoms in total. The van der Waals surface area contributed by atoms with E-state index in [0.717, 1.165) is 42.9 Å². The molecule has 0 amide bonds. The molecule has 120 valence electrons. The number of rotatable bonds is 1. The molecule has 1 heterocycles. The van der Waals surface area contributed by atoms with Crippen LogP contribution >= 0.6 is 0 Å². The van der Waals surface area contributed by atoms with Gasteiger partial charge in [-0.3, -0.25) is 10.7 Å². The average molecular weight is 316 g/mol. The molecule has 2 N–H and O–H groups in total. The van der Waals surface area contributed by atoms with Gasteiger partial charge < -0.3 is 0 Å². The van der Waals surface area contributed by atoms with Crippen molar-refractivity contribution in [2.24, 2.45) is 5.84 Å². The van der Waals surface area contributed by atoms with Crippen LogP contribution in [-0.2, 0) is 0 Å². The third kappa shape index (κ3) is 2.53. The Morgan fingerprint density at radius 3 is 2.33 bits per heavy atom. The first-order valence-electron chi connectivity index (χ1n) is 8.31. The number of fused-ring (bicyclic) bond motifs is 2. The van der Waals surface area contributed by atoms with Gasteiger partial charge in [0.05, 0.1) is 17.7 Å². The van der Waals surface area contributed by atoms with Crippen molar-refractivity contribution in [3.8, 4) is 6.07 Å². The van der Waals surface area contributed by atoms with E-state index in [0.29, 0.717) is 0 Å². The maximum Gasteiger partial charge on any atom is 0.0998 e. The fraction of sp³-hybridized carbons (Fsp3) is 0.250. The second-order valence-corrected chi connectivity index (χ2v) is 6.36. The van der Waals surface area contributed by atoms with Gasteiger partial charge in [0.15, 0.2) is 0 Å². The van der Waals surface area contributed by atoms with Crippen LogP contribution in [0, 0.1) is 11.3 Å². The Bertz CT molecular complexity index is 826. The van der Waals surface area contributed by atoms with E-state index in [-0.39, 0.29) is 6.04 Å². The van der Waals surface area contributed by atoms with E-state index < -0.39 is 0 Å². The third-order valence-corrected chi connectivity index (χ3v) is 4.97. The summed E-state index contributed by atoms with van der Waals surface area (Å²) < 4.78 is 0. The summed E-state index contributed by atoms with van der Waals surface area (Å²) in [5, 5.41) is 11.5. The van der Waals surface area contributed by atoms with Gasteiger partial charge in [-0.25, -0.2) is 5.01 Å². The smallest absolute Gasteiger partial charge is 0.0998 e. The van der Waals surface area contributed by atoms with E-state index >= 15 is 0 Å². The highest BCUT2D eigenvalue weighted by molar-refractivity contribution is 5.93. The van der Waals surface area contributed by atoms with Crippen LogP contribution in [0.5, 0.6) is 0 Å². The highest BCUT2D eigenvalue weighted by atomic mass is 15.4. The summed E-state index contributed by atoms with van der Waals surface area (Å²) in [6, 6.07) is 19.2. The molecule has 2 aliphatic rings. The van der Waals surface area contributed by atoms with Gasteiger partial charge in [0.1, 0.15) is 0 Å². The van der Waals surface area contributed by atoms with Gasteiger partial charge in [-0.15, -0.1) is 0 Å². The lowest BCUT2D eigenvalue weighted by molar-refractivity contribution is 0.110. The van der Waals surface area contributed by atoms with Gasteiger partial charge in [-0.1, -0.05) is 48.5 Å². The first-order chi connectivity index (χ1) is 11.8. The minimum atomic E-state index is 0.160. The van der Waals surface area contributed by atoms with Crippen LogP contribution in [0.2, 0.25) is 0 Å². The highest BCUT2D eigenvalue weighted by Crippen LogP contribution is 2.39. The second-order valence-electron chi connectivity index (χ2n) is 6.36. The van der Waals surface area contributed by atoms with E-state index in [1.807, 2.05) is 23.2 Å². The summed E-state index contributed by atoms with van der Waals surface area (Å²) in [7, 11) is 0. The Morgan fingerprint density at radius 2 is 1.58 bits per heavy atom. The Morgan fingerprint density at radius 1 is 0.917 bits per heavy atom. The number of hydrogen-bond donors (Lipinski definition) is 1. The van der Waals surface area contributed by atoms with Gasteiger partial charge in [0.25, 0.3) is 0 Å². The number of hydrogen-bond acceptors (Lipinski definition) is 4. The molecule has 4 rings (SSSR count). The molecule has 2 aromatic carbocycles. The van der Waals surface area contributed by atoms with Crippen molar-refractivity contribution >= 4 is 11.6 Å². The van der Waals surface area contributed by atoms with Crippen molar-refractivity contribution in [1.82, 2.24) is 9.91 Å². The number of nitrogens with zero attached hydrogens (tertiary/aromatic N) is 3. The molecule has 4 heteroatoms. The first kappa shape index (κ1) is 15.1. The van der Waals surface area contributed by atoms with Gasteiger partial charge in [-0.2, -0.15) is 5.26 Å². The van der Waals surface area contributed by atoms with Gasteiger partial charge in [0.2, 0.25) is 0 Å². The fourth-order valence-electron chi connectivity index (χ4n) is 3.75. The van der Waals surface area contributed by atoms with Crippen LogP contribution in [0.1, 0.15) is 28.3 Å². The average Bonchev–Trinajstić information content (AvgIpc) is 2.77. The fourth-order valence-corrected chi connectivity index (χ4v) is 3.75. The molecule has 0 unspecified atom stereocenters. The minimum Gasteiger partial charge on any atom is -0.290 e. The molecule has 0 bridgehead atoms. The normalized spacial score (nSPS) is 21.2. The molecule has 0 aromatic heterocycles. The molecule has 24 heavy (non-hydrogen) atoms. The molecule has 2 aromatic rings. The summed E-state index contributed by atoms with van der Waals surface area (Å²) in [4.78, 5) is 2.48. The zero-order chi connectivity index (χ0) is 16.5. The molecule has 0 saturated carbocycles. The van der Waals surface area contributed by atoms with Crippen molar-refractivity contribution in [3.05, 3.63) is 70.8 Å². The Labute approximate surface area is 142 Å². The Balaban J connectivity index is 1.90. The molecule has 0 radical (unpaired) electrons. The number of allylic oxidation sites excluding steroid dienone is 1. The van der Waals surface area contributed by atoms with Crippen LogP contribution in [0.3, 0.4) is 0 Å². The lowest BCUT2D eigenvalue weighted by atomic mass is 9.91. The summed E-state index contributed by atoms with van der Waals surface area (Å²) in [5.74, 6) is 5.94. The minimum absolute atomic E-state index is 0.160. The predicted molar refractivity (Wildman–Crippen MR) is 95.5 cm³/mol. The van der Waals surface area contributed by atoms with Crippen LogP contribution in [0.4, 0.5) is 0 Å². The lowest BCUT2D eigenvalue weighted by Gasteiger charge is -2.38. The van der Waals surface area contributed by atoms with Crippen molar-refractivity contribution in [2.45, 2.75) is 6.04 Å². The van der Waals surface area contributed by atoms with E-state index in [1.54, 1.807) is 0 Å². The Hall–Kier alpha value is -2.45. The lowest BCUT2D eigenvalue weighted by Crippen LogP contribution is -2.50. The number of nitriles is 1. The first-order valence-corrected chi connectivity index (χ1v) is 8.31. The summed E-state index contributed by atoms with van der Waals surface area (Å²) in [5.41, 5.74) is 5.38. The predicted octanol–water partition coefficient (Wildman–Crippen LogP) is 2.64. The third-order valence-electron chi connectivity index (χ3n) is 4.97. The van der Waals surface area contributed by atoms with Gasteiger partial charge in [-0.05, 0) is 28.3 Å². The van der Waals surface area contributed by atoms with Crippen molar-refractivity contribution in [3.63, 3.8) is 0 Å². The molecule has 1 aliphatic heterocycles. The zero-order valence-electron chi connectivity index (χ0n) is 13.5. The Kier molecular flexibility index (Phi) is 3.91. The van der Waals surface area contributed by atoms with Crippen LogP contribution < -0.4 is 5.84 Å². The SMILES string of the molecule is N#CC1=Cc2ccccc2[C@@H](N2CCN(N)CC2)c2ccccc21. The van der Waals surface area contributed by atoms with Crippen LogP contribution in [-0.4, -0.2) is 36.1 Å². The van der Waals surface area contributed by atoms with Crippen molar-refractivity contribution < 1.29 is 0 Å². The zero-order valence-corrected chi connectivity index (χ0v) is 13.5.